The van der Waals surface area contributed by atoms with Gasteiger partial charge in [-0.1, -0.05) is 76.2 Å². The number of hydrogen-bond acceptors (Lipinski definition) is 5. The quantitative estimate of drug-likeness (QED) is 0.242. The maximum absolute atomic E-state index is 13.1. The van der Waals surface area contributed by atoms with Crippen molar-refractivity contribution in [3.05, 3.63) is 95.6 Å². The molecule has 0 aliphatic carbocycles. The zero-order valence-corrected chi connectivity index (χ0v) is 24.1. The third kappa shape index (κ3) is 6.06. The minimum Gasteiger partial charge on any atom is -0.310 e. The molecule has 39 heavy (non-hydrogen) atoms. The molecule has 0 fully saturated rings. The Hall–Kier alpha value is -3.91. The standard InChI is InChI=1S/C31H34N6OS/c1-20(2)30-34-33-27-16-15-25(19-36(27)30)39-24-13-9-22(10-14-24)17-29(38)32-28-18-26(31(4,5)6)35-37(28)23-11-7-21(3)8-12-23/h7-16,18-20H,17H2,1-6H3,(H,32,38). The summed E-state index contributed by atoms with van der Waals surface area (Å²) in [6, 6.07) is 22.3. The summed E-state index contributed by atoms with van der Waals surface area (Å²) in [5, 5.41) is 16.5. The van der Waals surface area contributed by atoms with Crippen LogP contribution in [0.3, 0.4) is 0 Å². The molecule has 8 heteroatoms. The fourth-order valence-electron chi connectivity index (χ4n) is 4.25. The van der Waals surface area contributed by atoms with Crippen molar-refractivity contribution in [3.8, 4) is 5.69 Å². The van der Waals surface area contributed by atoms with Crippen LogP contribution in [0.15, 0.2) is 82.7 Å². The highest BCUT2D eigenvalue weighted by atomic mass is 32.2. The number of hydrogen-bond donors (Lipinski definition) is 1. The van der Waals surface area contributed by atoms with Crippen LogP contribution < -0.4 is 5.32 Å². The topological polar surface area (TPSA) is 77.1 Å². The van der Waals surface area contributed by atoms with Gasteiger partial charge < -0.3 is 5.32 Å². The highest BCUT2D eigenvalue weighted by Crippen LogP contribution is 2.29. The Morgan fingerprint density at radius 3 is 2.31 bits per heavy atom. The van der Waals surface area contributed by atoms with E-state index in [0.29, 0.717) is 11.7 Å². The summed E-state index contributed by atoms with van der Waals surface area (Å²) < 4.78 is 3.87. The Morgan fingerprint density at radius 2 is 1.64 bits per heavy atom. The average molecular weight is 539 g/mol. The number of nitrogens with zero attached hydrogens (tertiary/aromatic N) is 5. The van der Waals surface area contributed by atoms with Crippen LogP contribution in [-0.4, -0.2) is 30.3 Å². The lowest BCUT2D eigenvalue weighted by Gasteiger charge is -2.14. The third-order valence-electron chi connectivity index (χ3n) is 6.47. The summed E-state index contributed by atoms with van der Waals surface area (Å²) in [7, 11) is 0. The maximum atomic E-state index is 13.1. The number of carbonyl (C=O) groups is 1. The average Bonchev–Trinajstić information content (AvgIpc) is 3.50. The van der Waals surface area contributed by atoms with E-state index >= 15 is 0 Å². The van der Waals surface area contributed by atoms with Crippen molar-refractivity contribution >= 4 is 29.1 Å². The minimum atomic E-state index is -0.141. The van der Waals surface area contributed by atoms with Crippen molar-refractivity contribution < 1.29 is 4.79 Å². The van der Waals surface area contributed by atoms with Crippen LogP contribution in [0.25, 0.3) is 11.3 Å². The summed E-state index contributed by atoms with van der Waals surface area (Å²) in [5.74, 6) is 1.84. The van der Waals surface area contributed by atoms with Crippen molar-refractivity contribution in [2.45, 2.75) is 69.1 Å². The molecule has 0 saturated carbocycles. The molecule has 0 bridgehead atoms. The van der Waals surface area contributed by atoms with Crippen LogP contribution in [0, 0.1) is 6.92 Å². The second kappa shape index (κ2) is 10.7. The molecular weight excluding hydrogens is 504 g/mol. The molecule has 200 valence electrons. The molecular formula is C31H34N6OS. The Labute approximate surface area is 233 Å². The Balaban J connectivity index is 1.29. The third-order valence-corrected chi connectivity index (χ3v) is 7.45. The number of amides is 1. The van der Waals surface area contributed by atoms with E-state index in [4.69, 9.17) is 5.10 Å². The van der Waals surface area contributed by atoms with Crippen LogP contribution in [0.2, 0.25) is 0 Å². The van der Waals surface area contributed by atoms with Gasteiger partial charge in [0.1, 0.15) is 11.6 Å². The summed E-state index contributed by atoms with van der Waals surface area (Å²) in [4.78, 5) is 15.3. The first-order valence-corrected chi connectivity index (χ1v) is 14.0. The lowest BCUT2D eigenvalue weighted by atomic mass is 9.92. The van der Waals surface area contributed by atoms with Gasteiger partial charge in [-0.15, -0.1) is 10.2 Å². The van der Waals surface area contributed by atoms with Gasteiger partial charge in [-0.2, -0.15) is 5.10 Å². The molecule has 3 aromatic heterocycles. The van der Waals surface area contributed by atoms with E-state index in [1.165, 1.54) is 5.56 Å². The van der Waals surface area contributed by atoms with E-state index in [9.17, 15) is 4.79 Å². The van der Waals surface area contributed by atoms with E-state index in [-0.39, 0.29) is 17.7 Å². The highest BCUT2D eigenvalue weighted by molar-refractivity contribution is 7.99. The van der Waals surface area contributed by atoms with E-state index in [0.717, 1.165) is 38.2 Å². The fourth-order valence-corrected chi connectivity index (χ4v) is 5.08. The summed E-state index contributed by atoms with van der Waals surface area (Å²) in [6.07, 6.45) is 2.36. The smallest absolute Gasteiger partial charge is 0.229 e. The molecule has 5 rings (SSSR count). The van der Waals surface area contributed by atoms with Crippen molar-refractivity contribution in [1.29, 1.82) is 0 Å². The molecule has 7 nitrogen and oxygen atoms in total. The fraction of sp³-hybridized carbons (Fsp3) is 0.290. The van der Waals surface area contributed by atoms with Crippen LogP contribution in [0.4, 0.5) is 5.82 Å². The number of carbonyl (C=O) groups excluding carboxylic acids is 1. The summed E-state index contributed by atoms with van der Waals surface area (Å²) in [6.45, 7) is 12.6. The molecule has 0 aliphatic heterocycles. The Bertz CT molecular complexity index is 1610. The lowest BCUT2D eigenvalue weighted by Crippen LogP contribution is -2.17. The van der Waals surface area contributed by atoms with Gasteiger partial charge in [0.05, 0.1) is 17.8 Å². The first-order chi connectivity index (χ1) is 18.6. The monoisotopic (exact) mass is 538 g/mol. The molecule has 0 radical (unpaired) electrons. The van der Waals surface area contributed by atoms with Crippen LogP contribution in [0.1, 0.15) is 63.2 Å². The van der Waals surface area contributed by atoms with Gasteiger partial charge in [0.15, 0.2) is 5.65 Å². The molecule has 3 heterocycles. The van der Waals surface area contributed by atoms with Gasteiger partial charge in [-0.25, -0.2) is 4.68 Å². The number of aromatic nitrogens is 5. The molecule has 0 spiro atoms. The second-order valence-electron chi connectivity index (χ2n) is 11.2. The zero-order chi connectivity index (χ0) is 27.7. The molecule has 1 N–H and O–H groups in total. The molecule has 0 unspecified atom stereocenters. The van der Waals surface area contributed by atoms with Gasteiger partial charge in [0.2, 0.25) is 5.91 Å². The van der Waals surface area contributed by atoms with Crippen molar-refractivity contribution in [1.82, 2.24) is 24.4 Å². The zero-order valence-electron chi connectivity index (χ0n) is 23.3. The number of anilines is 1. The molecule has 2 aromatic carbocycles. The second-order valence-corrected chi connectivity index (χ2v) is 12.3. The first kappa shape index (κ1) is 26.7. The first-order valence-electron chi connectivity index (χ1n) is 13.2. The number of rotatable bonds is 7. The summed E-state index contributed by atoms with van der Waals surface area (Å²) >= 11 is 1.67. The number of aryl methyl sites for hydroxylation is 1. The summed E-state index contributed by atoms with van der Waals surface area (Å²) in [5.41, 5.74) is 4.67. The van der Waals surface area contributed by atoms with E-state index in [1.54, 1.807) is 11.8 Å². The molecule has 5 aromatic rings. The van der Waals surface area contributed by atoms with Crippen molar-refractivity contribution in [2.75, 3.05) is 5.32 Å². The van der Waals surface area contributed by atoms with Crippen molar-refractivity contribution in [3.63, 3.8) is 0 Å². The van der Waals surface area contributed by atoms with Gasteiger partial charge in [0.25, 0.3) is 0 Å². The van der Waals surface area contributed by atoms with Crippen LogP contribution >= 0.6 is 11.8 Å². The lowest BCUT2D eigenvalue weighted by molar-refractivity contribution is -0.115. The minimum absolute atomic E-state index is 0.0802. The van der Waals surface area contributed by atoms with Crippen LogP contribution in [0.5, 0.6) is 0 Å². The maximum Gasteiger partial charge on any atom is 0.229 e. The van der Waals surface area contributed by atoms with E-state index in [1.807, 2.05) is 53.2 Å². The SMILES string of the molecule is Cc1ccc(-n2nc(C(C)(C)C)cc2NC(=O)Cc2ccc(Sc3ccc4nnc(C(C)C)n4c3)cc2)cc1. The molecule has 0 aliphatic rings. The molecule has 0 saturated heterocycles. The molecule has 0 atom stereocenters. The number of pyridine rings is 1. The Morgan fingerprint density at radius 1 is 0.949 bits per heavy atom. The highest BCUT2D eigenvalue weighted by Gasteiger charge is 2.21. The van der Waals surface area contributed by atoms with E-state index in [2.05, 4.69) is 85.9 Å². The predicted octanol–water partition coefficient (Wildman–Crippen LogP) is 6.98. The Kier molecular flexibility index (Phi) is 7.32. The van der Waals surface area contributed by atoms with Crippen LogP contribution in [-0.2, 0) is 16.6 Å². The van der Waals surface area contributed by atoms with Crippen molar-refractivity contribution in [2.24, 2.45) is 0 Å². The predicted molar refractivity (Wildman–Crippen MR) is 157 cm³/mol. The van der Waals surface area contributed by atoms with Gasteiger partial charge >= 0.3 is 0 Å². The largest absolute Gasteiger partial charge is 0.310 e. The van der Waals surface area contributed by atoms with Gasteiger partial charge in [-0.3, -0.25) is 9.20 Å². The van der Waals surface area contributed by atoms with E-state index < -0.39 is 0 Å². The number of nitrogens with one attached hydrogen (secondary N) is 1. The van der Waals surface area contributed by atoms with Gasteiger partial charge in [-0.05, 0) is 48.9 Å². The number of benzene rings is 2. The normalized spacial score (nSPS) is 11.9. The number of fused-ring (bicyclic) bond motifs is 1. The van der Waals surface area contributed by atoms with Gasteiger partial charge in [0, 0.05) is 33.4 Å². The molecule has 1 amide bonds.